The molecule has 0 saturated carbocycles. The summed E-state index contributed by atoms with van der Waals surface area (Å²) in [4.78, 5) is 22.6. The van der Waals surface area contributed by atoms with E-state index in [1.54, 1.807) is 6.92 Å². The molecule has 25 heavy (non-hydrogen) atoms. The minimum Gasteiger partial charge on any atom is -0.459 e. The van der Waals surface area contributed by atoms with Gasteiger partial charge in [-0.15, -0.1) is 6.58 Å². The fourth-order valence-electron chi connectivity index (χ4n) is 2.00. The summed E-state index contributed by atoms with van der Waals surface area (Å²) in [6.07, 6.45) is 2.17. The van der Waals surface area contributed by atoms with Gasteiger partial charge in [-0.2, -0.15) is 0 Å². The molecule has 0 unspecified atom stereocenters. The molecule has 0 bridgehead atoms. The largest absolute Gasteiger partial charge is 0.459 e. The van der Waals surface area contributed by atoms with Gasteiger partial charge >= 0.3 is 12.1 Å². The normalized spacial score (nSPS) is 9.96. The average Bonchev–Trinajstić information content (AvgIpc) is 2.59. The van der Waals surface area contributed by atoms with E-state index in [1.807, 2.05) is 18.2 Å². The lowest BCUT2D eigenvalue weighted by atomic mass is 10.0. The highest BCUT2D eigenvalue weighted by Gasteiger charge is 2.05. The fourth-order valence-corrected chi connectivity index (χ4v) is 2.00. The Morgan fingerprint density at radius 3 is 2.48 bits per heavy atom. The first kappa shape index (κ1) is 20.4. The van der Waals surface area contributed by atoms with Crippen LogP contribution in [0.15, 0.2) is 49.1 Å². The molecular formula is C19H26N2O4. The number of amides is 1. The maximum atomic E-state index is 11.5. The number of rotatable bonds is 11. The molecule has 0 saturated heterocycles. The standard InChI is InChI=1S/C19H26N2O4/c1-4-7-16-8-5-6-9-17(16)14-20-10-11-21-19(23)25-13-12-24-18(22)15(2)3/h4-6,8-9,20H,1-2,7,10-14H2,3H3,(H,21,23). The molecule has 1 aromatic carbocycles. The van der Waals surface area contributed by atoms with Gasteiger partial charge < -0.3 is 20.1 Å². The van der Waals surface area contributed by atoms with Gasteiger partial charge in [0, 0.05) is 25.2 Å². The van der Waals surface area contributed by atoms with Crippen LogP contribution in [0.1, 0.15) is 18.1 Å². The van der Waals surface area contributed by atoms with E-state index in [0.29, 0.717) is 18.7 Å². The van der Waals surface area contributed by atoms with Crippen LogP contribution in [0.4, 0.5) is 4.79 Å². The summed E-state index contributed by atoms with van der Waals surface area (Å²) in [5.41, 5.74) is 2.76. The molecular weight excluding hydrogens is 320 g/mol. The van der Waals surface area contributed by atoms with Gasteiger partial charge in [0.1, 0.15) is 13.2 Å². The number of allylic oxidation sites excluding steroid dienone is 1. The molecule has 136 valence electrons. The molecule has 0 aliphatic carbocycles. The third-order valence-electron chi connectivity index (χ3n) is 3.27. The van der Waals surface area contributed by atoms with E-state index in [1.165, 1.54) is 11.1 Å². The number of ether oxygens (including phenoxy) is 2. The van der Waals surface area contributed by atoms with Gasteiger partial charge in [-0.1, -0.05) is 36.9 Å². The van der Waals surface area contributed by atoms with Crippen LogP contribution in [0, 0.1) is 0 Å². The van der Waals surface area contributed by atoms with Crippen LogP contribution >= 0.6 is 0 Å². The van der Waals surface area contributed by atoms with Crippen LogP contribution in [0.3, 0.4) is 0 Å². The Balaban J connectivity index is 2.11. The van der Waals surface area contributed by atoms with Crippen LogP contribution < -0.4 is 10.6 Å². The lowest BCUT2D eigenvalue weighted by molar-refractivity contribution is -0.139. The second kappa shape index (κ2) is 11.9. The second-order valence-electron chi connectivity index (χ2n) is 5.42. The molecule has 0 aromatic heterocycles. The van der Waals surface area contributed by atoms with Crippen molar-refractivity contribution in [2.45, 2.75) is 19.9 Å². The van der Waals surface area contributed by atoms with Crippen LogP contribution in [0.25, 0.3) is 0 Å². The molecule has 0 spiro atoms. The lowest BCUT2D eigenvalue weighted by Crippen LogP contribution is -2.32. The fraction of sp³-hybridized carbons (Fsp3) is 0.368. The number of alkyl carbamates (subject to hydrolysis) is 1. The molecule has 1 aromatic rings. The zero-order valence-electron chi connectivity index (χ0n) is 14.7. The molecule has 0 heterocycles. The molecule has 0 radical (unpaired) electrons. The first-order valence-electron chi connectivity index (χ1n) is 8.16. The van der Waals surface area contributed by atoms with Gasteiger partial charge in [0.05, 0.1) is 0 Å². The third kappa shape index (κ3) is 8.72. The summed E-state index contributed by atoms with van der Waals surface area (Å²) in [5.74, 6) is -0.495. The maximum absolute atomic E-state index is 11.5. The minimum absolute atomic E-state index is 0.00715. The highest BCUT2D eigenvalue weighted by atomic mass is 16.6. The Morgan fingerprint density at radius 1 is 1.12 bits per heavy atom. The van der Waals surface area contributed by atoms with E-state index in [4.69, 9.17) is 9.47 Å². The minimum atomic E-state index is -0.541. The summed E-state index contributed by atoms with van der Waals surface area (Å²) in [6.45, 7) is 10.6. The molecule has 0 fully saturated rings. The number of carbonyl (C=O) groups is 2. The monoisotopic (exact) mass is 346 g/mol. The maximum Gasteiger partial charge on any atom is 0.407 e. The van der Waals surface area contributed by atoms with Crippen molar-refractivity contribution in [1.29, 1.82) is 0 Å². The van der Waals surface area contributed by atoms with Crippen molar-refractivity contribution in [3.05, 3.63) is 60.2 Å². The van der Waals surface area contributed by atoms with E-state index >= 15 is 0 Å². The van der Waals surface area contributed by atoms with E-state index in [-0.39, 0.29) is 13.2 Å². The van der Waals surface area contributed by atoms with Gasteiger partial charge in [-0.25, -0.2) is 9.59 Å². The van der Waals surface area contributed by atoms with Crippen molar-refractivity contribution in [2.75, 3.05) is 26.3 Å². The van der Waals surface area contributed by atoms with E-state index in [2.05, 4.69) is 35.9 Å². The quantitative estimate of drug-likeness (QED) is 0.278. The van der Waals surface area contributed by atoms with Crippen LogP contribution in [0.2, 0.25) is 0 Å². The van der Waals surface area contributed by atoms with Gasteiger partial charge in [-0.3, -0.25) is 0 Å². The number of esters is 1. The van der Waals surface area contributed by atoms with Crippen molar-refractivity contribution in [2.24, 2.45) is 0 Å². The van der Waals surface area contributed by atoms with Crippen molar-refractivity contribution in [3.63, 3.8) is 0 Å². The Morgan fingerprint density at radius 2 is 1.80 bits per heavy atom. The molecule has 6 nitrogen and oxygen atoms in total. The number of hydrogen-bond donors (Lipinski definition) is 2. The van der Waals surface area contributed by atoms with Gasteiger partial charge in [0.25, 0.3) is 0 Å². The molecule has 0 aliphatic heterocycles. The number of benzene rings is 1. The van der Waals surface area contributed by atoms with Crippen molar-refractivity contribution in [3.8, 4) is 0 Å². The number of nitrogens with one attached hydrogen (secondary N) is 2. The second-order valence-corrected chi connectivity index (χ2v) is 5.42. The number of hydrogen-bond acceptors (Lipinski definition) is 5. The van der Waals surface area contributed by atoms with E-state index in [9.17, 15) is 9.59 Å². The molecule has 1 amide bonds. The van der Waals surface area contributed by atoms with Gasteiger partial charge in [-0.05, 0) is 24.5 Å². The summed E-state index contributed by atoms with van der Waals surface area (Å²) < 4.78 is 9.71. The zero-order valence-corrected chi connectivity index (χ0v) is 14.7. The average molecular weight is 346 g/mol. The Bertz CT molecular complexity index is 599. The molecule has 6 heteroatoms. The Hall–Kier alpha value is -2.60. The van der Waals surface area contributed by atoms with Crippen molar-refractivity contribution >= 4 is 12.1 Å². The Kier molecular flexibility index (Phi) is 9.70. The summed E-state index contributed by atoms with van der Waals surface area (Å²) in [6, 6.07) is 8.15. The predicted molar refractivity (Wildman–Crippen MR) is 97.2 cm³/mol. The van der Waals surface area contributed by atoms with Crippen molar-refractivity contribution in [1.82, 2.24) is 10.6 Å². The number of carbonyl (C=O) groups excluding carboxylic acids is 2. The van der Waals surface area contributed by atoms with Crippen LogP contribution in [-0.2, 0) is 27.2 Å². The zero-order chi connectivity index (χ0) is 18.5. The molecule has 1 rings (SSSR count). The molecule has 0 aliphatic rings. The lowest BCUT2D eigenvalue weighted by Gasteiger charge is -2.10. The van der Waals surface area contributed by atoms with Gasteiger partial charge in [0.2, 0.25) is 0 Å². The first-order valence-corrected chi connectivity index (χ1v) is 8.16. The molecule has 2 N–H and O–H groups in total. The summed E-state index contributed by atoms with van der Waals surface area (Å²) in [7, 11) is 0. The van der Waals surface area contributed by atoms with E-state index in [0.717, 1.165) is 13.0 Å². The highest BCUT2D eigenvalue weighted by molar-refractivity contribution is 5.86. The molecule has 0 atom stereocenters. The topological polar surface area (TPSA) is 76.7 Å². The third-order valence-corrected chi connectivity index (χ3v) is 3.27. The summed E-state index contributed by atoms with van der Waals surface area (Å²) in [5, 5.41) is 5.89. The Labute approximate surface area is 148 Å². The van der Waals surface area contributed by atoms with Gasteiger partial charge in [0.15, 0.2) is 0 Å². The van der Waals surface area contributed by atoms with Crippen LogP contribution in [-0.4, -0.2) is 38.4 Å². The predicted octanol–water partition coefficient (Wildman–Crippen LogP) is 2.35. The smallest absolute Gasteiger partial charge is 0.407 e. The SMILES string of the molecule is C=CCc1ccccc1CNCCNC(=O)OCCOC(=O)C(=C)C. The van der Waals surface area contributed by atoms with E-state index < -0.39 is 12.1 Å². The highest BCUT2D eigenvalue weighted by Crippen LogP contribution is 2.09. The van der Waals surface area contributed by atoms with Crippen LogP contribution in [0.5, 0.6) is 0 Å². The summed E-state index contributed by atoms with van der Waals surface area (Å²) >= 11 is 0. The first-order chi connectivity index (χ1) is 12.0. The van der Waals surface area contributed by atoms with Crippen molar-refractivity contribution < 1.29 is 19.1 Å².